The van der Waals surface area contributed by atoms with E-state index in [2.05, 4.69) is 0 Å². The van der Waals surface area contributed by atoms with Crippen LogP contribution in [0.2, 0.25) is 0 Å². The smallest absolute Gasteiger partial charge is 0.131 e. The molecule has 0 aliphatic rings. The zero-order chi connectivity index (χ0) is 13.1. The minimum atomic E-state index is -0.439. The van der Waals surface area contributed by atoms with Crippen molar-refractivity contribution in [1.82, 2.24) is 0 Å². The van der Waals surface area contributed by atoms with E-state index in [4.69, 9.17) is 5.73 Å². The van der Waals surface area contributed by atoms with Crippen molar-refractivity contribution in [2.45, 2.75) is 19.4 Å². The first-order chi connectivity index (χ1) is 8.56. The molecular formula is C15H15F2N. The van der Waals surface area contributed by atoms with Gasteiger partial charge in [0.1, 0.15) is 11.6 Å². The summed E-state index contributed by atoms with van der Waals surface area (Å²) in [7, 11) is 0. The van der Waals surface area contributed by atoms with Crippen LogP contribution in [0.5, 0.6) is 0 Å². The van der Waals surface area contributed by atoms with Gasteiger partial charge in [-0.25, -0.2) is 8.78 Å². The maximum Gasteiger partial charge on any atom is 0.131 e. The molecule has 0 saturated heterocycles. The topological polar surface area (TPSA) is 26.0 Å². The van der Waals surface area contributed by atoms with Gasteiger partial charge in [0.05, 0.1) is 0 Å². The fourth-order valence-electron chi connectivity index (χ4n) is 1.91. The lowest BCUT2D eigenvalue weighted by molar-refractivity contribution is 0.603. The van der Waals surface area contributed by atoms with Gasteiger partial charge in [-0.3, -0.25) is 0 Å². The summed E-state index contributed by atoms with van der Waals surface area (Å²) in [5.74, 6) is -0.859. The van der Waals surface area contributed by atoms with Crippen LogP contribution < -0.4 is 5.73 Å². The molecule has 2 rings (SSSR count). The van der Waals surface area contributed by atoms with Gasteiger partial charge in [-0.15, -0.1) is 0 Å². The van der Waals surface area contributed by atoms with E-state index >= 15 is 0 Å². The monoisotopic (exact) mass is 247 g/mol. The summed E-state index contributed by atoms with van der Waals surface area (Å²) in [6.45, 7) is 1.93. The maximum absolute atomic E-state index is 13.6. The Bertz CT molecular complexity index is 533. The van der Waals surface area contributed by atoms with E-state index in [1.807, 2.05) is 19.1 Å². The summed E-state index contributed by atoms with van der Waals surface area (Å²) in [5, 5.41) is 0. The summed E-state index contributed by atoms with van der Waals surface area (Å²) in [5.41, 5.74) is 7.74. The summed E-state index contributed by atoms with van der Waals surface area (Å²) >= 11 is 0. The van der Waals surface area contributed by atoms with Crippen LogP contribution in [-0.2, 0) is 6.42 Å². The van der Waals surface area contributed by atoms with Crippen LogP contribution in [0.3, 0.4) is 0 Å². The molecule has 0 radical (unpaired) electrons. The van der Waals surface area contributed by atoms with Gasteiger partial charge in [0.2, 0.25) is 0 Å². The molecule has 2 aromatic rings. The summed E-state index contributed by atoms with van der Waals surface area (Å²) in [4.78, 5) is 0. The van der Waals surface area contributed by atoms with Crippen molar-refractivity contribution in [1.29, 1.82) is 0 Å². The molecule has 1 atom stereocenters. The van der Waals surface area contributed by atoms with Crippen molar-refractivity contribution in [2.75, 3.05) is 0 Å². The van der Waals surface area contributed by atoms with E-state index in [1.54, 1.807) is 12.1 Å². The van der Waals surface area contributed by atoms with Crippen molar-refractivity contribution >= 4 is 0 Å². The number of benzene rings is 2. The molecule has 1 unspecified atom stereocenters. The minimum absolute atomic E-state index is 0.0850. The molecule has 0 aliphatic heterocycles. The van der Waals surface area contributed by atoms with Crippen molar-refractivity contribution in [3.63, 3.8) is 0 Å². The van der Waals surface area contributed by atoms with Crippen molar-refractivity contribution in [3.8, 4) is 11.1 Å². The molecule has 0 spiro atoms. The number of rotatable bonds is 3. The number of hydrogen-bond acceptors (Lipinski definition) is 1. The van der Waals surface area contributed by atoms with E-state index in [9.17, 15) is 8.78 Å². The fourth-order valence-corrected chi connectivity index (χ4v) is 1.91. The lowest BCUT2D eigenvalue weighted by atomic mass is 10.0. The molecule has 0 amide bonds. The normalized spacial score (nSPS) is 12.4. The van der Waals surface area contributed by atoms with E-state index in [0.29, 0.717) is 5.56 Å². The predicted octanol–water partition coefficient (Wildman–Crippen LogP) is 3.52. The van der Waals surface area contributed by atoms with E-state index in [1.165, 1.54) is 6.07 Å². The van der Waals surface area contributed by atoms with Gasteiger partial charge in [0.25, 0.3) is 0 Å². The first-order valence-electron chi connectivity index (χ1n) is 5.86. The molecule has 0 fully saturated rings. The maximum atomic E-state index is 13.6. The molecule has 0 bridgehead atoms. The molecule has 1 nitrogen and oxygen atoms in total. The van der Waals surface area contributed by atoms with Gasteiger partial charge in [0, 0.05) is 11.6 Å². The zero-order valence-corrected chi connectivity index (χ0v) is 10.2. The largest absolute Gasteiger partial charge is 0.328 e. The Morgan fingerprint density at radius 3 is 2.33 bits per heavy atom. The van der Waals surface area contributed by atoms with Crippen LogP contribution in [0.15, 0.2) is 42.5 Å². The van der Waals surface area contributed by atoms with Gasteiger partial charge in [-0.1, -0.05) is 24.3 Å². The SMILES string of the molecule is CC(N)Cc1ccc(-c2cc(F)ccc2F)cc1. The molecule has 0 aliphatic carbocycles. The first-order valence-corrected chi connectivity index (χ1v) is 5.86. The van der Waals surface area contributed by atoms with Crippen LogP contribution in [0.1, 0.15) is 12.5 Å². The highest BCUT2D eigenvalue weighted by Crippen LogP contribution is 2.24. The highest BCUT2D eigenvalue weighted by Gasteiger charge is 2.06. The van der Waals surface area contributed by atoms with Crippen LogP contribution >= 0.6 is 0 Å². The van der Waals surface area contributed by atoms with E-state index in [0.717, 1.165) is 24.1 Å². The molecule has 2 N–H and O–H groups in total. The van der Waals surface area contributed by atoms with Gasteiger partial charge in [-0.05, 0) is 42.7 Å². The molecule has 3 heteroatoms. The Balaban J connectivity index is 2.31. The second-order valence-corrected chi connectivity index (χ2v) is 4.50. The molecule has 94 valence electrons. The summed E-state index contributed by atoms with van der Waals surface area (Å²) < 4.78 is 26.7. The van der Waals surface area contributed by atoms with Gasteiger partial charge >= 0.3 is 0 Å². The average Bonchev–Trinajstić information content (AvgIpc) is 2.33. The van der Waals surface area contributed by atoms with Gasteiger partial charge < -0.3 is 5.73 Å². The second-order valence-electron chi connectivity index (χ2n) is 4.50. The fraction of sp³-hybridized carbons (Fsp3) is 0.200. The van der Waals surface area contributed by atoms with Crippen molar-refractivity contribution in [2.24, 2.45) is 5.73 Å². The van der Waals surface area contributed by atoms with Crippen LogP contribution in [0.25, 0.3) is 11.1 Å². The number of hydrogen-bond donors (Lipinski definition) is 1. The van der Waals surface area contributed by atoms with Crippen molar-refractivity contribution in [3.05, 3.63) is 59.7 Å². The lowest BCUT2D eigenvalue weighted by Gasteiger charge is -2.07. The Hall–Kier alpha value is -1.74. The van der Waals surface area contributed by atoms with Crippen LogP contribution in [0, 0.1) is 11.6 Å². The van der Waals surface area contributed by atoms with E-state index < -0.39 is 11.6 Å². The van der Waals surface area contributed by atoms with E-state index in [-0.39, 0.29) is 11.6 Å². The third kappa shape index (κ3) is 2.93. The van der Waals surface area contributed by atoms with Crippen molar-refractivity contribution < 1.29 is 8.78 Å². The molecule has 0 heterocycles. The van der Waals surface area contributed by atoms with Gasteiger partial charge in [-0.2, -0.15) is 0 Å². The molecular weight excluding hydrogens is 232 g/mol. The highest BCUT2D eigenvalue weighted by molar-refractivity contribution is 5.64. The Labute approximate surface area is 105 Å². The average molecular weight is 247 g/mol. The lowest BCUT2D eigenvalue weighted by Crippen LogP contribution is -2.17. The summed E-state index contributed by atoms with van der Waals surface area (Å²) in [6, 6.07) is 10.9. The number of halogens is 2. The van der Waals surface area contributed by atoms with Crippen LogP contribution in [-0.4, -0.2) is 6.04 Å². The minimum Gasteiger partial charge on any atom is -0.328 e. The quantitative estimate of drug-likeness (QED) is 0.882. The Kier molecular flexibility index (Phi) is 3.72. The predicted molar refractivity (Wildman–Crippen MR) is 69.1 cm³/mol. The molecule has 0 saturated carbocycles. The first kappa shape index (κ1) is 12.7. The molecule has 18 heavy (non-hydrogen) atoms. The molecule has 0 aromatic heterocycles. The highest BCUT2D eigenvalue weighted by atomic mass is 19.1. The number of nitrogens with two attached hydrogens (primary N) is 1. The molecule has 2 aromatic carbocycles. The Morgan fingerprint density at radius 2 is 1.72 bits per heavy atom. The second kappa shape index (κ2) is 5.27. The third-order valence-corrected chi connectivity index (χ3v) is 2.75. The zero-order valence-electron chi connectivity index (χ0n) is 10.2. The Morgan fingerprint density at radius 1 is 1.06 bits per heavy atom. The standard InChI is InChI=1S/C15H15F2N/c1-10(18)8-11-2-4-12(5-3-11)14-9-13(16)6-7-15(14)17/h2-7,9-10H,8,18H2,1H3. The van der Waals surface area contributed by atoms with Gasteiger partial charge in [0.15, 0.2) is 0 Å². The third-order valence-electron chi connectivity index (χ3n) is 2.75. The summed E-state index contributed by atoms with van der Waals surface area (Å²) in [6.07, 6.45) is 0.770. The van der Waals surface area contributed by atoms with Crippen LogP contribution in [0.4, 0.5) is 8.78 Å².